The van der Waals surface area contributed by atoms with Gasteiger partial charge in [0.25, 0.3) is 0 Å². The van der Waals surface area contributed by atoms with Crippen LogP contribution in [0.5, 0.6) is 0 Å². The van der Waals surface area contributed by atoms with E-state index in [2.05, 4.69) is 6.92 Å². The summed E-state index contributed by atoms with van der Waals surface area (Å²) in [7, 11) is 0. The summed E-state index contributed by atoms with van der Waals surface area (Å²) < 4.78 is 15.7. The number of unbranched alkanes of at least 4 members (excludes halogenated alkanes) is 8. The molecule has 0 saturated carbocycles. The number of hydrogen-bond donors (Lipinski definition) is 0. The molecular weight excluding hydrogens is 256 g/mol. The van der Waals surface area contributed by atoms with Gasteiger partial charge >= 0.3 is 5.97 Å². The highest BCUT2D eigenvalue weighted by molar-refractivity contribution is 5.71. The second-order valence-electron chi connectivity index (χ2n) is 5.53. The van der Waals surface area contributed by atoms with E-state index in [-0.39, 0.29) is 18.7 Å². The highest BCUT2D eigenvalue weighted by atomic mass is 16.6. The number of esters is 1. The normalized spacial score (nSPS) is 19.1. The Bertz CT molecular complexity index is 243. The van der Waals surface area contributed by atoms with Crippen molar-refractivity contribution in [2.24, 2.45) is 0 Å². The standard InChI is InChI=1S/C16H30O4/c1-2-3-4-5-6-7-8-9-10-11-18-12-15-13-19-14-16(17)20-15/h15H,2-14H2,1H3. The molecular formula is C16H30O4. The smallest absolute Gasteiger partial charge is 0.332 e. The average Bonchev–Trinajstić information content (AvgIpc) is 2.45. The van der Waals surface area contributed by atoms with Gasteiger partial charge in [-0.1, -0.05) is 58.3 Å². The van der Waals surface area contributed by atoms with Gasteiger partial charge in [-0.05, 0) is 6.42 Å². The van der Waals surface area contributed by atoms with Crippen molar-refractivity contribution in [2.75, 3.05) is 26.4 Å². The molecule has 0 amide bonds. The van der Waals surface area contributed by atoms with E-state index in [9.17, 15) is 4.79 Å². The summed E-state index contributed by atoms with van der Waals surface area (Å²) in [5.41, 5.74) is 0. The second-order valence-corrected chi connectivity index (χ2v) is 5.53. The molecule has 0 radical (unpaired) electrons. The van der Waals surface area contributed by atoms with E-state index >= 15 is 0 Å². The maximum absolute atomic E-state index is 11.0. The summed E-state index contributed by atoms with van der Waals surface area (Å²) in [5, 5.41) is 0. The summed E-state index contributed by atoms with van der Waals surface area (Å²) in [5.74, 6) is -0.284. The van der Waals surface area contributed by atoms with Crippen molar-refractivity contribution in [3.63, 3.8) is 0 Å². The summed E-state index contributed by atoms with van der Waals surface area (Å²) in [4.78, 5) is 11.0. The zero-order valence-corrected chi connectivity index (χ0v) is 12.9. The SMILES string of the molecule is CCCCCCCCCCCOCC1COCC(=O)O1. The number of ether oxygens (including phenoxy) is 3. The van der Waals surface area contributed by atoms with Gasteiger partial charge in [0, 0.05) is 6.61 Å². The van der Waals surface area contributed by atoms with E-state index in [1.54, 1.807) is 0 Å². The first kappa shape index (κ1) is 17.4. The highest BCUT2D eigenvalue weighted by Crippen LogP contribution is 2.10. The minimum atomic E-state index is -0.284. The van der Waals surface area contributed by atoms with Crippen LogP contribution in [0.25, 0.3) is 0 Å². The van der Waals surface area contributed by atoms with E-state index < -0.39 is 0 Å². The highest BCUT2D eigenvalue weighted by Gasteiger charge is 2.20. The van der Waals surface area contributed by atoms with Crippen molar-refractivity contribution in [1.29, 1.82) is 0 Å². The molecule has 4 heteroatoms. The molecule has 1 saturated heterocycles. The van der Waals surface area contributed by atoms with Gasteiger partial charge < -0.3 is 14.2 Å². The molecule has 0 N–H and O–H groups in total. The van der Waals surface area contributed by atoms with Crippen LogP contribution in [0.4, 0.5) is 0 Å². The second kappa shape index (κ2) is 12.2. The number of rotatable bonds is 12. The quantitative estimate of drug-likeness (QED) is 0.407. The summed E-state index contributed by atoms with van der Waals surface area (Å²) in [6.07, 6.45) is 11.6. The number of cyclic esters (lactones) is 1. The van der Waals surface area contributed by atoms with Crippen LogP contribution in [-0.2, 0) is 19.0 Å². The fourth-order valence-electron chi connectivity index (χ4n) is 2.34. The van der Waals surface area contributed by atoms with Crippen molar-refractivity contribution in [1.82, 2.24) is 0 Å². The molecule has 1 aliphatic rings. The fourth-order valence-corrected chi connectivity index (χ4v) is 2.34. The Kier molecular flexibility index (Phi) is 10.6. The van der Waals surface area contributed by atoms with E-state index in [0.717, 1.165) is 13.0 Å². The zero-order chi connectivity index (χ0) is 14.5. The van der Waals surface area contributed by atoms with Crippen LogP contribution >= 0.6 is 0 Å². The molecule has 0 aromatic carbocycles. The van der Waals surface area contributed by atoms with Gasteiger partial charge in [-0.25, -0.2) is 4.79 Å². The average molecular weight is 286 g/mol. The third-order valence-corrected chi connectivity index (χ3v) is 3.52. The predicted octanol–water partition coefficient (Wildman–Crippen LogP) is 3.48. The van der Waals surface area contributed by atoms with Gasteiger partial charge in [-0.2, -0.15) is 0 Å². The van der Waals surface area contributed by atoms with Crippen molar-refractivity contribution >= 4 is 5.97 Å². The van der Waals surface area contributed by atoms with Gasteiger partial charge in [0.2, 0.25) is 0 Å². The minimum absolute atomic E-state index is 0.0781. The molecule has 0 bridgehead atoms. The Morgan fingerprint density at radius 1 is 1.05 bits per heavy atom. The molecule has 1 unspecified atom stereocenters. The van der Waals surface area contributed by atoms with Crippen LogP contribution in [0.3, 0.4) is 0 Å². The lowest BCUT2D eigenvalue weighted by Crippen LogP contribution is -2.36. The third kappa shape index (κ3) is 9.32. The van der Waals surface area contributed by atoms with E-state index in [0.29, 0.717) is 13.2 Å². The number of carbonyl (C=O) groups excluding carboxylic acids is 1. The molecule has 1 fully saturated rings. The fraction of sp³-hybridized carbons (Fsp3) is 0.938. The van der Waals surface area contributed by atoms with Crippen molar-refractivity contribution in [2.45, 2.75) is 70.8 Å². The zero-order valence-electron chi connectivity index (χ0n) is 12.9. The lowest BCUT2D eigenvalue weighted by atomic mass is 10.1. The van der Waals surface area contributed by atoms with Gasteiger partial charge in [0.15, 0.2) is 0 Å². The van der Waals surface area contributed by atoms with Crippen molar-refractivity contribution in [3.05, 3.63) is 0 Å². The molecule has 118 valence electrons. The maximum atomic E-state index is 11.0. The molecule has 4 nitrogen and oxygen atoms in total. The van der Waals surface area contributed by atoms with Crippen molar-refractivity contribution in [3.8, 4) is 0 Å². The molecule has 1 heterocycles. The van der Waals surface area contributed by atoms with Crippen LogP contribution in [0.15, 0.2) is 0 Å². The Hall–Kier alpha value is -0.610. The molecule has 0 aliphatic carbocycles. The topological polar surface area (TPSA) is 44.8 Å². The van der Waals surface area contributed by atoms with Crippen LogP contribution in [0.1, 0.15) is 64.7 Å². The van der Waals surface area contributed by atoms with Gasteiger partial charge in [-0.15, -0.1) is 0 Å². The number of carbonyl (C=O) groups is 1. The molecule has 0 aromatic rings. The Balaban J connectivity index is 1.77. The first-order valence-corrected chi connectivity index (χ1v) is 8.18. The number of hydrogen-bond acceptors (Lipinski definition) is 4. The van der Waals surface area contributed by atoms with Crippen LogP contribution in [-0.4, -0.2) is 38.5 Å². The van der Waals surface area contributed by atoms with E-state index in [1.807, 2.05) is 0 Å². The first-order valence-electron chi connectivity index (χ1n) is 8.18. The molecule has 20 heavy (non-hydrogen) atoms. The largest absolute Gasteiger partial charge is 0.456 e. The lowest BCUT2D eigenvalue weighted by Gasteiger charge is -2.22. The molecule has 0 aromatic heterocycles. The maximum Gasteiger partial charge on any atom is 0.332 e. The van der Waals surface area contributed by atoms with Crippen LogP contribution in [0, 0.1) is 0 Å². The first-order chi connectivity index (χ1) is 9.83. The van der Waals surface area contributed by atoms with Crippen LogP contribution < -0.4 is 0 Å². The predicted molar refractivity (Wildman–Crippen MR) is 78.7 cm³/mol. The van der Waals surface area contributed by atoms with E-state index in [4.69, 9.17) is 14.2 Å². The van der Waals surface area contributed by atoms with Crippen molar-refractivity contribution < 1.29 is 19.0 Å². The third-order valence-electron chi connectivity index (χ3n) is 3.52. The molecule has 1 rings (SSSR count). The Labute approximate surface area is 123 Å². The lowest BCUT2D eigenvalue weighted by molar-refractivity contribution is -0.175. The molecule has 1 aliphatic heterocycles. The minimum Gasteiger partial charge on any atom is -0.456 e. The molecule has 1 atom stereocenters. The Morgan fingerprint density at radius 3 is 2.35 bits per heavy atom. The summed E-state index contributed by atoms with van der Waals surface area (Å²) in [6, 6.07) is 0. The monoisotopic (exact) mass is 286 g/mol. The molecule has 0 spiro atoms. The van der Waals surface area contributed by atoms with Gasteiger partial charge in [0.05, 0.1) is 13.2 Å². The Morgan fingerprint density at radius 2 is 1.70 bits per heavy atom. The summed E-state index contributed by atoms with van der Waals surface area (Å²) >= 11 is 0. The van der Waals surface area contributed by atoms with Crippen LogP contribution in [0.2, 0.25) is 0 Å². The van der Waals surface area contributed by atoms with E-state index in [1.165, 1.54) is 51.4 Å². The summed E-state index contributed by atoms with van der Waals surface area (Å²) in [6.45, 7) is 4.01. The van der Waals surface area contributed by atoms with Gasteiger partial charge in [0.1, 0.15) is 12.7 Å². The van der Waals surface area contributed by atoms with Gasteiger partial charge in [-0.3, -0.25) is 0 Å².